The molecule has 0 radical (unpaired) electrons. The molecule has 1 saturated carbocycles. The Labute approximate surface area is 173 Å². The summed E-state index contributed by atoms with van der Waals surface area (Å²) in [7, 11) is -0.240. The zero-order valence-electron chi connectivity index (χ0n) is 17.2. The molecule has 2 aromatic rings. The van der Waals surface area contributed by atoms with Gasteiger partial charge in [0.25, 0.3) is 0 Å². The van der Waals surface area contributed by atoms with Crippen LogP contribution in [0, 0.1) is 6.92 Å². The first kappa shape index (κ1) is 21.2. The van der Waals surface area contributed by atoms with E-state index in [4.69, 9.17) is 0 Å². The van der Waals surface area contributed by atoms with E-state index in [2.05, 4.69) is 20.6 Å². The third-order valence-electron chi connectivity index (χ3n) is 6.45. The highest BCUT2D eigenvalue weighted by Gasteiger charge is 2.50. The maximum absolute atomic E-state index is 13.3. The lowest BCUT2D eigenvalue weighted by Gasteiger charge is -2.35. The molecule has 0 N–H and O–H groups in total. The quantitative estimate of drug-likeness (QED) is 0.666. The van der Waals surface area contributed by atoms with Crippen LogP contribution < -0.4 is 0 Å². The Morgan fingerprint density at radius 3 is 2.57 bits per heavy atom. The lowest BCUT2D eigenvalue weighted by atomic mass is 9.95. The van der Waals surface area contributed by atoms with Gasteiger partial charge >= 0.3 is 6.55 Å². The summed E-state index contributed by atoms with van der Waals surface area (Å²) in [4.78, 5) is 1.75. The van der Waals surface area contributed by atoms with E-state index < -0.39 is 22.1 Å². The highest BCUT2D eigenvalue weighted by Crippen LogP contribution is 2.40. The molecule has 0 spiro atoms. The Bertz CT molecular complexity index is 1010. The van der Waals surface area contributed by atoms with Crippen molar-refractivity contribution in [3.05, 3.63) is 17.7 Å². The van der Waals surface area contributed by atoms with Crippen molar-refractivity contribution in [1.82, 2.24) is 39.2 Å². The van der Waals surface area contributed by atoms with Gasteiger partial charge in [-0.1, -0.05) is 12.8 Å². The molecule has 1 unspecified atom stereocenters. The van der Waals surface area contributed by atoms with Gasteiger partial charge in [0.15, 0.2) is 5.82 Å². The first-order valence-corrected chi connectivity index (χ1v) is 11.4. The van der Waals surface area contributed by atoms with E-state index >= 15 is 0 Å². The van der Waals surface area contributed by atoms with Gasteiger partial charge in [0.2, 0.25) is 10.0 Å². The molecule has 1 aliphatic carbocycles. The maximum atomic E-state index is 13.3. The Morgan fingerprint density at radius 2 is 1.97 bits per heavy atom. The summed E-state index contributed by atoms with van der Waals surface area (Å²) in [5.74, 6) is 0.650. The van der Waals surface area contributed by atoms with Crippen LogP contribution in [0.3, 0.4) is 0 Å². The standard InChI is InChI=1S/C17H26F2N8O2S/c1-12-14(10-20-26(12)16(18)19)30(28,29)25-9-8-17(11-25,24(2)3)15-21-22-23-27(15)13-6-4-5-7-13/h10,13,16H,4-9,11H2,1-3H3. The summed E-state index contributed by atoms with van der Waals surface area (Å²) >= 11 is 0. The van der Waals surface area contributed by atoms with Gasteiger partial charge in [-0.2, -0.15) is 18.2 Å². The zero-order chi connectivity index (χ0) is 21.7. The molecule has 0 aromatic carbocycles. The molecule has 30 heavy (non-hydrogen) atoms. The van der Waals surface area contributed by atoms with E-state index in [0.717, 1.165) is 31.9 Å². The number of tetrazole rings is 1. The van der Waals surface area contributed by atoms with Crippen LogP contribution in [0.4, 0.5) is 8.78 Å². The van der Waals surface area contributed by atoms with Crippen LogP contribution in [0.25, 0.3) is 0 Å². The molecule has 10 nitrogen and oxygen atoms in total. The van der Waals surface area contributed by atoms with E-state index in [-0.39, 0.29) is 29.7 Å². The van der Waals surface area contributed by atoms with Crippen molar-refractivity contribution >= 4 is 10.0 Å². The Kier molecular flexibility index (Phi) is 5.39. The number of hydrogen-bond donors (Lipinski definition) is 0. The fraction of sp³-hybridized carbons (Fsp3) is 0.765. The second-order valence-electron chi connectivity index (χ2n) is 8.22. The molecule has 2 aliphatic rings. The first-order valence-electron chi connectivity index (χ1n) is 9.96. The monoisotopic (exact) mass is 444 g/mol. The van der Waals surface area contributed by atoms with E-state index in [1.165, 1.54) is 11.2 Å². The molecule has 166 valence electrons. The average molecular weight is 445 g/mol. The fourth-order valence-corrected chi connectivity index (χ4v) is 6.24. The van der Waals surface area contributed by atoms with Crippen LogP contribution >= 0.6 is 0 Å². The van der Waals surface area contributed by atoms with Gasteiger partial charge < -0.3 is 0 Å². The largest absolute Gasteiger partial charge is 0.333 e. The molecular formula is C17H26F2N8O2S. The van der Waals surface area contributed by atoms with Crippen LogP contribution in [-0.2, 0) is 15.6 Å². The van der Waals surface area contributed by atoms with Gasteiger partial charge in [0, 0.05) is 13.1 Å². The summed E-state index contributed by atoms with van der Waals surface area (Å²) < 4.78 is 56.3. The Balaban J connectivity index is 1.68. The summed E-state index contributed by atoms with van der Waals surface area (Å²) in [6.07, 6.45) is 5.72. The molecule has 3 heterocycles. The van der Waals surface area contributed by atoms with Gasteiger partial charge in [-0.05, 0) is 50.7 Å². The van der Waals surface area contributed by atoms with Crippen LogP contribution in [0.15, 0.2) is 11.1 Å². The third kappa shape index (κ3) is 3.23. The zero-order valence-corrected chi connectivity index (χ0v) is 18.1. The second-order valence-corrected chi connectivity index (χ2v) is 10.1. The number of likely N-dealkylation sites (N-methyl/N-ethyl adjacent to an activating group) is 1. The molecule has 2 fully saturated rings. The number of aromatic nitrogens is 6. The van der Waals surface area contributed by atoms with Crippen LogP contribution in [-0.4, -0.2) is 74.8 Å². The lowest BCUT2D eigenvalue weighted by molar-refractivity contribution is 0.0541. The topological polar surface area (TPSA) is 102 Å². The third-order valence-corrected chi connectivity index (χ3v) is 8.40. The van der Waals surface area contributed by atoms with Gasteiger partial charge in [-0.25, -0.2) is 17.8 Å². The summed E-state index contributed by atoms with van der Waals surface area (Å²) in [5, 5.41) is 16.0. The van der Waals surface area contributed by atoms with Crippen molar-refractivity contribution in [2.24, 2.45) is 0 Å². The first-order chi connectivity index (χ1) is 14.2. The predicted molar refractivity (Wildman–Crippen MR) is 102 cm³/mol. The summed E-state index contributed by atoms with van der Waals surface area (Å²) in [6.45, 7) is -1.20. The minimum Gasteiger partial charge on any atom is -0.296 e. The molecule has 0 bridgehead atoms. The minimum atomic E-state index is -4.00. The van der Waals surface area contributed by atoms with Crippen molar-refractivity contribution in [3.8, 4) is 0 Å². The van der Waals surface area contributed by atoms with Gasteiger partial charge in [-0.15, -0.1) is 5.10 Å². The lowest BCUT2D eigenvalue weighted by Crippen LogP contribution is -2.47. The number of hydrogen-bond acceptors (Lipinski definition) is 7. The van der Waals surface area contributed by atoms with Crippen molar-refractivity contribution in [2.75, 3.05) is 27.2 Å². The van der Waals surface area contributed by atoms with Gasteiger partial charge in [0.1, 0.15) is 4.90 Å². The van der Waals surface area contributed by atoms with Crippen molar-refractivity contribution in [1.29, 1.82) is 0 Å². The van der Waals surface area contributed by atoms with Crippen molar-refractivity contribution in [2.45, 2.75) is 62.1 Å². The van der Waals surface area contributed by atoms with Crippen LogP contribution in [0.5, 0.6) is 0 Å². The molecule has 4 rings (SSSR count). The average Bonchev–Trinajstić information content (AvgIpc) is 3.44. The number of alkyl halides is 2. The van der Waals surface area contributed by atoms with E-state index in [1.807, 2.05) is 23.7 Å². The van der Waals surface area contributed by atoms with E-state index in [1.54, 1.807) is 0 Å². The molecule has 1 aliphatic heterocycles. The molecular weight excluding hydrogens is 418 g/mol. The second kappa shape index (κ2) is 7.61. The van der Waals surface area contributed by atoms with Crippen LogP contribution in [0.2, 0.25) is 0 Å². The highest BCUT2D eigenvalue weighted by atomic mass is 32.2. The molecule has 13 heteroatoms. The number of rotatable bonds is 6. The van der Waals surface area contributed by atoms with Crippen molar-refractivity contribution < 1.29 is 17.2 Å². The molecule has 1 saturated heterocycles. The molecule has 0 amide bonds. The minimum absolute atomic E-state index is 0.0804. The fourth-order valence-electron chi connectivity index (χ4n) is 4.60. The number of nitrogens with zero attached hydrogens (tertiary/aromatic N) is 8. The predicted octanol–water partition coefficient (Wildman–Crippen LogP) is 1.54. The Morgan fingerprint density at radius 1 is 1.27 bits per heavy atom. The van der Waals surface area contributed by atoms with E-state index in [9.17, 15) is 17.2 Å². The van der Waals surface area contributed by atoms with Crippen molar-refractivity contribution in [3.63, 3.8) is 0 Å². The number of halogens is 2. The molecule has 2 aromatic heterocycles. The smallest absolute Gasteiger partial charge is 0.296 e. The molecule has 1 atom stereocenters. The SMILES string of the molecule is Cc1c(S(=O)(=O)N2CCC(c3nnnn3C3CCCC3)(N(C)C)C2)cnn1C(F)F. The van der Waals surface area contributed by atoms with Gasteiger partial charge in [0.05, 0.1) is 23.5 Å². The Hall–Kier alpha value is -1.99. The maximum Gasteiger partial charge on any atom is 0.333 e. The summed E-state index contributed by atoms with van der Waals surface area (Å²) in [5.41, 5.74) is -0.783. The van der Waals surface area contributed by atoms with E-state index in [0.29, 0.717) is 16.9 Å². The van der Waals surface area contributed by atoms with Gasteiger partial charge in [-0.3, -0.25) is 4.90 Å². The number of sulfonamides is 1. The van der Waals surface area contributed by atoms with Crippen LogP contribution in [0.1, 0.15) is 56.2 Å². The normalized spacial score (nSPS) is 24.0. The summed E-state index contributed by atoms with van der Waals surface area (Å²) in [6, 6.07) is 0.212. The highest BCUT2D eigenvalue weighted by molar-refractivity contribution is 7.89.